The number of hydrogen-bond acceptors (Lipinski definition) is 4. The fourth-order valence-electron chi connectivity index (χ4n) is 2.20. The van der Waals surface area contributed by atoms with Crippen LogP contribution < -0.4 is 10.6 Å². The summed E-state index contributed by atoms with van der Waals surface area (Å²) in [5.41, 5.74) is 0. The van der Waals surface area contributed by atoms with E-state index in [2.05, 4.69) is 10.6 Å². The van der Waals surface area contributed by atoms with Gasteiger partial charge in [0.05, 0.1) is 12.6 Å². The molecule has 1 atom stereocenters. The molecule has 1 rings (SSSR count). The number of likely N-dealkylation sites (N-methyl/N-ethyl adjacent to an activating group) is 1. The zero-order chi connectivity index (χ0) is 14.3. The van der Waals surface area contributed by atoms with Crippen molar-refractivity contribution in [3.05, 3.63) is 0 Å². The lowest BCUT2D eigenvalue weighted by Gasteiger charge is -2.33. The van der Waals surface area contributed by atoms with Crippen LogP contribution in [0.1, 0.15) is 33.6 Å². The molecule has 6 heteroatoms. The molecular formula is C13H25N3O3. The lowest BCUT2D eigenvalue weighted by molar-refractivity contribution is -0.122. The Balaban J connectivity index is 2.30. The van der Waals surface area contributed by atoms with E-state index in [1.54, 1.807) is 11.8 Å². The molecule has 0 aliphatic carbocycles. The summed E-state index contributed by atoms with van der Waals surface area (Å²) in [4.78, 5) is 24.9. The number of rotatable bonds is 5. The van der Waals surface area contributed by atoms with Crippen molar-refractivity contribution < 1.29 is 14.3 Å². The Bertz CT molecular complexity index is 302. The largest absolute Gasteiger partial charge is 0.450 e. The molecule has 19 heavy (non-hydrogen) atoms. The smallest absolute Gasteiger partial charge is 0.409 e. The van der Waals surface area contributed by atoms with Crippen LogP contribution in [0.3, 0.4) is 0 Å². The maximum Gasteiger partial charge on any atom is 0.409 e. The SMILES string of the molecule is CCNC(=O)[C@H](C)NC1CCN(C(=O)OCC)CC1. The second kappa shape index (κ2) is 7.99. The zero-order valence-electron chi connectivity index (χ0n) is 12.1. The molecule has 1 heterocycles. The van der Waals surface area contributed by atoms with Crippen molar-refractivity contribution >= 4 is 12.0 Å². The van der Waals surface area contributed by atoms with Crippen molar-refractivity contribution in [3.63, 3.8) is 0 Å². The van der Waals surface area contributed by atoms with Crippen LogP contribution in [-0.4, -0.2) is 55.2 Å². The quantitative estimate of drug-likeness (QED) is 0.773. The highest BCUT2D eigenvalue weighted by atomic mass is 16.6. The number of ether oxygens (including phenoxy) is 1. The molecular weight excluding hydrogens is 246 g/mol. The number of likely N-dealkylation sites (tertiary alicyclic amines) is 1. The maximum absolute atomic E-state index is 11.6. The first-order chi connectivity index (χ1) is 9.08. The van der Waals surface area contributed by atoms with Crippen molar-refractivity contribution in [1.29, 1.82) is 0 Å². The predicted molar refractivity (Wildman–Crippen MR) is 72.9 cm³/mol. The number of nitrogens with one attached hydrogen (secondary N) is 2. The Morgan fingerprint density at radius 2 is 1.95 bits per heavy atom. The number of piperidine rings is 1. The van der Waals surface area contributed by atoms with Gasteiger partial charge in [-0.15, -0.1) is 0 Å². The highest BCUT2D eigenvalue weighted by Gasteiger charge is 2.25. The van der Waals surface area contributed by atoms with Crippen molar-refractivity contribution in [2.24, 2.45) is 0 Å². The Morgan fingerprint density at radius 3 is 2.47 bits per heavy atom. The summed E-state index contributed by atoms with van der Waals surface area (Å²) in [5.74, 6) is 0.0234. The van der Waals surface area contributed by atoms with Crippen LogP contribution in [0.4, 0.5) is 4.79 Å². The second-order valence-corrected chi connectivity index (χ2v) is 4.74. The Labute approximate surface area is 114 Å². The summed E-state index contributed by atoms with van der Waals surface area (Å²) in [7, 11) is 0. The number of amides is 2. The van der Waals surface area contributed by atoms with Crippen LogP contribution in [0.15, 0.2) is 0 Å². The molecule has 0 aromatic carbocycles. The average Bonchev–Trinajstić information content (AvgIpc) is 2.40. The normalized spacial score (nSPS) is 17.9. The Kier molecular flexibility index (Phi) is 6.62. The van der Waals surface area contributed by atoms with Gasteiger partial charge < -0.3 is 20.3 Å². The Morgan fingerprint density at radius 1 is 1.32 bits per heavy atom. The highest BCUT2D eigenvalue weighted by Crippen LogP contribution is 2.12. The molecule has 6 nitrogen and oxygen atoms in total. The first kappa shape index (κ1) is 15.8. The van der Waals surface area contributed by atoms with Gasteiger partial charge in [0.25, 0.3) is 0 Å². The molecule has 1 fully saturated rings. The average molecular weight is 271 g/mol. The van der Waals surface area contributed by atoms with Gasteiger partial charge in [-0.25, -0.2) is 4.79 Å². The van der Waals surface area contributed by atoms with Crippen LogP contribution in [0, 0.1) is 0 Å². The molecule has 0 unspecified atom stereocenters. The van der Waals surface area contributed by atoms with Crippen LogP contribution in [0.5, 0.6) is 0 Å². The van der Waals surface area contributed by atoms with Gasteiger partial charge in [-0.05, 0) is 33.6 Å². The third kappa shape index (κ3) is 5.06. The first-order valence-corrected chi connectivity index (χ1v) is 7.03. The van der Waals surface area contributed by atoms with E-state index >= 15 is 0 Å². The molecule has 0 bridgehead atoms. The molecule has 2 N–H and O–H groups in total. The van der Waals surface area contributed by atoms with Crippen LogP contribution in [-0.2, 0) is 9.53 Å². The fourth-order valence-corrected chi connectivity index (χ4v) is 2.20. The van der Waals surface area contributed by atoms with Crippen molar-refractivity contribution in [2.75, 3.05) is 26.2 Å². The molecule has 1 aliphatic heterocycles. The molecule has 0 aromatic heterocycles. The Hall–Kier alpha value is -1.30. The molecule has 0 radical (unpaired) electrons. The summed E-state index contributed by atoms with van der Waals surface area (Å²) in [6, 6.07) is 0.0855. The van der Waals surface area contributed by atoms with Gasteiger partial charge in [0.2, 0.25) is 5.91 Å². The monoisotopic (exact) mass is 271 g/mol. The van der Waals surface area contributed by atoms with E-state index in [9.17, 15) is 9.59 Å². The summed E-state index contributed by atoms with van der Waals surface area (Å²) in [5, 5.41) is 6.10. The zero-order valence-corrected chi connectivity index (χ0v) is 12.1. The highest BCUT2D eigenvalue weighted by molar-refractivity contribution is 5.81. The van der Waals surface area contributed by atoms with Crippen molar-refractivity contribution in [2.45, 2.75) is 45.7 Å². The summed E-state index contributed by atoms with van der Waals surface area (Å²) < 4.78 is 4.97. The number of carbonyl (C=O) groups is 2. The van der Waals surface area contributed by atoms with E-state index in [4.69, 9.17) is 4.74 Å². The maximum atomic E-state index is 11.6. The van der Waals surface area contributed by atoms with E-state index < -0.39 is 0 Å². The summed E-state index contributed by atoms with van der Waals surface area (Å²) >= 11 is 0. The third-order valence-corrected chi connectivity index (χ3v) is 3.25. The summed E-state index contributed by atoms with van der Waals surface area (Å²) in [6.07, 6.45) is 1.46. The molecule has 1 saturated heterocycles. The second-order valence-electron chi connectivity index (χ2n) is 4.74. The molecule has 0 aromatic rings. The molecule has 2 amide bonds. The third-order valence-electron chi connectivity index (χ3n) is 3.25. The van der Waals surface area contributed by atoms with Gasteiger partial charge in [0.15, 0.2) is 0 Å². The van der Waals surface area contributed by atoms with E-state index in [1.807, 2.05) is 13.8 Å². The predicted octanol–water partition coefficient (Wildman–Crippen LogP) is 0.722. The van der Waals surface area contributed by atoms with Gasteiger partial charge in [0.1, 0.15) is 0 Å². The minimum atomic E-state index is -0.238. The number of carbonyl (C=O) groups excluding carboxylic acids is 2. The number of nitrogens with zero attached hydrogens (tertiary/aromatic N) is 1. The standard InChI is InChI=1S/C13H25N3O3/c1-4-14-12(17)10(3)15-11-6-8-16(9-7-11)13(18)19-5-2/h10-11,15H,4-9H2,1-3H3,(H,14,17)/t10-/m0/s1. The van der Waals surface area contributed by atoms with Crippen LogP contribution in [0.2, 0.25) is 0 Å². The van der Waals surface area contributed by atoms with Crippen LogP contribution in [0.25, 0.3) is 0 Å². The molecule has 110 valence electrons. The van der Waals surface area contributed by atoms with Crippen molar-refractivity contribution in [1.82, 2.24) is 15.5 Å². The van der Waals surface area contributed by atoms with E-state index in [0.29, 0.717) is 26.2 Å². The fraction of sp³-hybridized carbons (Fsp3) is 0.846. The van der Waals surface area contributed by atoms with Gasteiger partial charge in [0, 0.05) is 25.7 Å². The van der Waals surface area contributed by atoms with E-state index in [-0.39, 0.29) is 24.1 Å². The topological polar surface area (TPSA) is 70.7 Å². The van der Waals surface area contributed by atoms with Crippen LogP contribution >= 0.6 is 0 Å². The summed E-state index contributed by atoms with van der Waals surface area (Å²) in [6.45, 7) is 7.99. The molecule has 0 spiro atoms. The van der Waals surface area contributed by atoms with E-state index in [0.717, 1.165) is 12.8 Å². The van der Waals surface area contributed by atoms with Crippen molar-refractivity contribution in [3.8, 4) is 0 Å². The van der Waals surface area contributed by atoms with Gasteiger partial charge in [-0.1, -0.05) is 0 Å². The molecule has 1 aliphatic rings. The first-order valence-electron chi connectivity index (χ1n) is 7.03. The van der Waals surface area contributed by atoms with Gasteiger partial charge in [-0.2, -0.15) is 0 Å². The lowest BCUT2D eigenvalue weighted by atomic mass is 10.0. The van der Waals surface area contributed by atoms with E-state index in [1.165, 1.54) is 0 Å². The number of hydrogen-bond donors (Lipinski definition) is 2. The van der Waals surface area contributed by atoms with Gasteiger partial charge in [-0.3, -0.25) is 4.79 Å². The minimum Gasteiger partial charge on any atom is -0.450 e. The minimum absolute atomic E-state index is 0.0234. The lowest BCUT2D eigenvalue weighted by Crippen LogP contribution is -2.51. The van der Waals surface area contributed by atoms with Gasteiger partial charge >= 0.3 is 6.09 Å². The molecule has 0 saturated carbocycles.